The average Bonchev–Trinajstić information content (AvgIpc) is 2.40. The van der Waals surface area contributed by atoms with Gasteiger partial charge in [0.1, 0.15) is 6.10 Å². The second kappa shape index (κ2) is 11.3. The van der Waals surface area contributed by atoms with Gasteiger partial charge in [0.15, 0.2) is 6.29 Å². The van der Waals surface area contributed by atoms with E-state index in [2.05, 4.69) is 0 Å². The highest BCUT2D eigenvalue weighted by molar-refractivity contribution is 6.18. The molecule has 0 spiro atoms. The number of hydrogen-bond donors (Lipinski definition) is 0. The van der Waals surface area contributed by atoms with Gasteiger partial charge < -0.3 is 18.9 Å². The highest BCUT2D eigenvalue weighted by Crippen LogP contribution is 2.15. The summed E-state index contributed by atoms with van der Waals surface area (Å²) < 4.78 is 22.1. The van der Waals surface area contributed by atoms with Crippen molar-refractivity contribution in [3.8, 4) is 0 Å². The van der Waals surface area contributed by atoms with Crippen LogP contribution in [0.25, 0.3) is 0 Å². The molecule has 18 heavy (non-hydrogen) atoms. The zero-order chi connectivity index (χ0) is 13.1. The van der Waals surface area contributed by atoms with Crippen molar-refractivity contribution >= 4 is 23.2 Å². The van der Waals surface area contributed by atoms with Gasteiger partial charge >= 0.3 is 0 Å². The quantitative estimate of drug-likeness (QED) is 0.459. The predicted molar refractivity (Wildman–Crippen MR) is 71.5 cm³/mol. The van der Waals surface area contributed by atoms with Crippen LogP contribution in [0.1, 0.15) is 19.3 Å². The number of halogens is 2. The number of alkyl halides is 2. The van der Waals surface area contributed by atoms with Crippen molar-refractivity contribution in [1.82, 2.24) is 0 Å². The Hall–Kier alpha value is 0.420. The van der Waals surface area contributed by atoms with Gasteiger partial charge in [-0.3, -0.25) is 0 Å². The van der Waals surface area contributed by atoms with Crippen molar-refractivity contribution in [2.75, 3.05) is 44.8 Å². The third kappa shape index (κ3) is 7.77. The maximum Gasteiger partial charge on any atom is 0.158 e. The molecular weight excluding hydrogens is 279 g/mol. The molecule has 0 aromatic carbocycles. The van der Waals surface area contributed by atoms with Crippen molar-refractivity contribution in [2.24, 2.45) is 0 Å². The van der Waals surface area contributed by atoms with Gasteiger partial charge in [0.25, 0.3) is 0 Å². The Morgan fingerprint density at radius 2 is 1.72 bits per heavy atom. The van der Waals surface area contributed by atoms with E-state index >= 15 is 0 Å². The van der Waals surface area contributed by atoms with Gasteiger partial charge in [-0.25, -0.2) is 0 Å². The van der Waals surface area contributed by atoms with Crippen LogP contribution in [-0.2, 0) is 18.9 Å². The fourth-order valence-electron chi connectivity index (χ4n) is 1.70. The predicted octanol–water partition coefficient (Wildman–Crippen LogP) is 2.41. The fourth-order valence-corrected chi connectivity index (χ4v) is 1.92. The van der Waals surface area contributed by atoms with Gasteiger partial charge in [-0.05, 0) is 19.3 Å². The highest BCUT2D eigenvalue weighted by atomic mass is 35.5. The molecule has 1 aliphatic rings. The van der Waals surface area contributed by atoms with Crippen molar-refractivity contribution < 1.29 is 18.9 Å². The van der Waals surface area contributed by atoms with E-state index in [1.165, 1.54) is 0 Å². The number of hydrogen-bond acceptors (Lipinski definition) is 4. The SMILES string of the molecule is ClCCOCC(COCCCl)OC1CCCCO1. The van der Waals surface area contributed by atoms with E-state index in [1.54, 1.807) is 0 Å². The van der Waals surface area contributed by atoms with Crippen LogP contribution >= 0.6 is 23.2 Å². The molecule has 1 rings (SSSR count). The largest absolute Gasteiger partial charge is 0.377 e. The summed E-state index contributed by atoms with van der Waals surface area (Å²) in [5.41, 5.74) is 0. The molecule has 108 valence electrons. The summed E-state index contributed by atoms with van der Waals surface area (Å²) in [6.07, 6.45) is 2.92. The van der Waals surface area contributed by atoms with Crippen molar-refractivity contribution in [1.29, 1.82) is 0 Å². The van der Waals surface area contributed by atoms with E-state index in [4.69, 9.17) is 42.1 Å². The molecule has 1 saturated heterocycles. The average molecular weight is 301 g/mol. The van der Waals surface area contributed by atoms with Crippen LogP contribution in [-0.4, -0.2) is 57.2 Å². The maximum atomic E-state index is 5.83. The van der Waals surface area contributed by atoms with Gasteiger partial charge in [0, 0.05) is 18.4 Å². The number of rotatable bonds is 10. The Morgan fingerprint density at radius 1 is 1.06 bits per heavy atom. The summed E-state index contributed by atoms with van der Waals surface area (Å²) in [6.45, 7) is 2.73. The van der Waals surface area contributed by atoms with E-state index in [0.717, 1.165) is 25.9 Å². The summed E-state index contributed by atoms with van der Waals surface area (Å²) >= 11 is 11.1. The first kappa shape index (κ1) is 16.5. The molecule has 1 atom stereocenters. The second-order valence-corrected chi connectivity index (χ2v) is 4.84. The molecule has 1 fully saturated rings. The molecule has 0 radical (unpaired) electrons. The maximum absolute atomic E-state index is 5.83. The lowest BCUT2D eigenvalue weighted by atomic mass is 10.2. The van der Waals surface area contributed by atoms with E-state index in [0.29, 0.717) is 38.2 Å². The van der Waals surface area contributed by atoms with Crippen LogP contribution in [0.2, 0.25) is 0 Å². The normalized spacial score (nSPS) is 20.5. The van der Waals surface area contributed by atoms with Gasteiger partial charge in [0.2, 0.25) is 0 Å². The molecule has 1 aliphatic heterocycles. The van der Waals surface area contributed by atoms with Crippen molar-refractivity contribution in [2.45, 2.75) is 31.7 Å². The Balaban J connectivity index is 2.22. The van der Waals surface area contributed by atoms with E-state index in [1.807, 2.05) is 0 Å². The van der Waals surface area contributed by atoms with E-state index in [-0.39, 0.29) is 12.4 Å². The third-order valence-corrected chi connectivity index (χ3v) is 2.84. The molecule has 1 unspecified atom stereocenters. The molecule has 6 heteroatoms. The molecular formula is C12H22Cl2O4. The topological polar surface area (TPSA) is 36.9 Å². The smallest absolute Gasteiger partial charge is 0.158 e. The molecule has 1 heterocycles. The van der Waals surface area contributed by atoms with Gasteiger partial charge in [-0.1, -0.05) is 0 Å². The minimum Gasteiger partial charge on any atom is -0.377 e. The van der Waals surface area contributed by atoms with Gasteiger partial charge in [0.05, 0.1) is 26.4 Å². The second-order valence-electron chi connectivity index (χ2n) is 4.08. The van der Waals surface area contributed by atoms with Crippen LogP contribution in [0.4, 0.5) is 0 Å². The Labute approximate surface area is 119 Å². The summed E-state index contributed by atoms with van der Waals surface area (Å²) in [5.74, 6) is 0.963. The first-order valence-corrected chi connectivity index (χ1v) is 7.48. The molecule has 0 aromatic rings. The van der Waals surface area contributed by atoms with Gasteiger partial charge in [-0.15, -0.1) is 23.2 Å². The van der Waals surface area contributed by atoms with E-state index < -0.39 is 0 Å². The summed E-state index contributed by atoms with van der Waals surface area (Å²) in [4.78, 5) is 0. The monoisotopic (exact) mass is 300 g/mol. The lowest BCUT2D eigenvalue weighted by Crippen LogP contribution is -2.34. The lowest BCUT2D eigenvalue weighted by molar-refractivity contribution is -0.207. The first-order chi connectivity index (χ1) is 8.86. The standard InChI is InChI=1S/C12H22Cl2O4/c13-4-7-15-9-11(10-16-8-5-14)18-12-3-1-2-6-17-12/h11-12H,1-10H2. The Morgan fingerprint density at radius 3 is 2.22 bits per heavy atom. The molecule has 0 aromatic heterocycles. The lowest BCUT2D eigenvalue weighted by Gasteiger charge is -2.27. The van der Waals surface area contributed by atoms with Crippen molar-refractivity contribution in [3.05, 3.63) is 0 Å². The molecule has 0 amide bonds. The summed E-state index contributed by atoms with van der Waals surface area (Å²) in [5, 5.41) is 0. The summed E-state index contributed by atoms with van der Waals surface area (Å²) in [7, 11) is 0. The van der Waals surface area contributed by atoms with Gasteiger partial charge in [-0.2, -0.15) is 0 Å². The Bertz CT molecular complexity index is 179. The first-order valence-electron chi connectivity index (χ1n) is 6.41. The zero-order valence-electron chi connectivity index (χ0n) is 10.6. The number of ether oxygens (including phenoxy) is 4. The Kier molecular flexibility index (Phi) is 10.3. The fraction of sp³-hybridized carbons (Fsp3) is 1.00. The minimum atomic E-state index is -0.136. The van der Waals surface area contributed by atoms with Crippen LogP contribution in [0, 0.1) is 0 Å². The van der Waals surface area contributed by atoms with Crippen LogP contribution in [0.15, 0.2) is 0 Å². The molecule has 0 aliphatic carbocycles. The van der Waals surface area contributed by atoms with Crippen LogP contribution < -0.4 is 0 Å². The molecule has 4 nitrogen and oxygen atoms in total. The van der Waals surface area contributed by atoms with Crippen LogP contribution in [0.3, 0.4) is 0 Å². The molecule has 0 N–H and O–H groups in total. The minimum absolute atomic E-state index is 0.125. The molecule has 0 saturated carbocycles. The molecule has 0 bridgehead atoms. The van der Waals surface area contributed by atoms with Crippen molar-refractivity contribution in [3.63, 3.8) is 0 Å². The highest BCUT2D eigenvalue weighted by Gasteiger charge is 2.20. The zero-order valence-corrected chi connectivity index (χ0v) is 12.1. The third-order valence-electron chi connectivity index (χ3n) is 2.53. The van der Waals surface area contributed by atoms with Crippen LogP contribution in [0.5, 0.6) is 0 Å². The van der Waals surface area contributed by atoms with E-state index in [9.17, 15) is 0 Å². The summed E-state index contributed by atoms with van der Waals surface area (Å²) in [6, 6.07) is 0.